The Bertz CT molecular complexity index is 738. The van der Waals surface area contributed by atoms with Crippen molar-refractivity contribution in [3.63, 3.8) is 0 Å². The number of ether oxygens (including phenoxy) is 1. The molecule has 0 aromatic rings. The number of hydrogen-bond donors (Lipinski definition) is 2. The second kappa shape index (κ2) is 12.3. The van der Waals surface area contributed by atoms with E-state index in [1.165, 1.54) is 18.0 Å². The second-order valence-corrected chi connectivity index (χ2v) is 11.9. The Labute approximate surface area is 194 Å². The monoisotopic (exact) mass is 494 g/mol. The third kappa shape index (κ3) is 9.31. The van der Waals surface area contributed by atoms with Crippen molar-refractivity contribution < 1.29 is 37.3 Å². The van der Waals surface area contributed by atoms with Gasteiger partial charge in [0.2, 0.25) is 12.7 Å². The molecule has 1 saturated heterocycles. The van der Waals surface area contributed by atoms with Crippen LogP contribution >= 0.6 is 19.6 Å². The van der Waals surface area contributed by atoms with Crippen LogP contribution in [-0.2, 0) is 37.3 Å². The lowest BCUT2D eigenvalue weighted by Gasteiger charge is -2.39. The molecule has 0 radical (unpaired) electrons. The average Bonchev–Trinajstić information content (AvgIpc) is 2.70. The molecule has 0 bridgehead atoms. The summed E-state index contributed by atoms with van der Waals surface area (Å²) in [5.41, 5.74) is -1.56. The largest absolute Gasteiger partial charge is 0.478 e. The Kier molecular flexibility index (Phi) is 11.0. The van der Waals surface area contributed by atoms with Crippen molar-refractivity contribution in [2.75, 3.05) is 26.2 Å². The van der Waals surface area contributed by atoms with Crippen LogP contribution in [0.2, 0.25) is 0 Å². The fraction of sp³-hybridized carbons (Fsp3) is 0.800. The maximum absolute atomic E-state index is 12.7. The number of esters is 1. The van der Waals surface area contributed by atoms with Gasteiger partial charge in [-0.15, -0.1) is 0 Å². The van der Waals surface area contributed by atoms with E-state index in [9.17, 15) is 18.9 Å². The lowest BCUT2D eigenvalue weighted by atomic mass is 9.87. The first-order chi connectivity index (χ1) is 14.7. The van der Waals surface area contributed by atoms with Crippen LogP contribution < -0.4 is 5.32 Å². The normalized spacial score (nSPS) is 23.8. The average molecular weight is 495 g/mol. The van der Waals surface area contributed by atoms with Crippen molar-refractivity contribution in [3.05, 3.63) is 0 Å². The zero-order chi connectivity index (χ0) is 24.6. The number of amides is 1. The molecule has 12 heteroatoms. The number of carbonyl (C=O) groups is 3. The van der Waals surface area contributed by atoms with Gasteiger partial charge in [0, 0.05) is 36.3 Å². The molecule has 10 nitrogen and oxygen atoms in total. The molecule has 32 heavy (non-hydrogen) atoms. The lowest BCUT2D eigenvalue weighted by Crippen LogP contribution is -2.50. The molecule has 1 rings (SSSR count). The molecule has 3 atom stereocenters. The van der Waals surface area contributed by atoms with E-state index in [4.69, 9.17) is 23.7 Å². The molecule has 1 amide bonds. The summed E-state index contributed by atoms with van der Waals surface area (Å²) in [6.07, 6.45) is 3.10. The van der Waals surface area contributed by atoms with Crippen molar-refractivity contribution in [1.29, 1.82) is 5.41 Å². The standard InChI is InChI=1S/C20H35N2O8PS/c1-19(2,3)18(25)27-13-29-31(26)28-12-20(4,5)16(30-31)17(24)22-10-9-14(23)7-8-15(11-21)32-6/h11,15-16,21H,7-10,12-13H2,1-6H3,(H,22,24)/t15?,16-,31+/m0/s1. The van der Waals surface area contributed by atoms with E-state index in [0.29, 0.717) is 12.8 Å². The SMILES string of the molecule is CSC(C=N)CCC(=O)CCNC(=O)[C@@H]1O[P@@](=O)(OCOC(=O)C(C)(C)C)OCC1(C)C. The summed E-state index contributed by atoms with van der Waals surface area (Å²) in [5, 5.41) is 9.91. The summed E-state index contributed by atoms with van der Waals surface area (Å²) in [4.78, 5) is 36.5. The predicted octanol–water partition coefficient (Wildman–Crippen LogP) is 3.34. The van der Waals surface area contributed by atoms with Crippen molar-refractivity contribution in [2.24, 2.45) is 10.8 Å². The number of ketones is 1. The zero-order valence-corrected chi connectivity index (χ0v) is 21.3. The quantitative estimate of drug-likeness (QED) is 0.181. The fourth-order valence-electron chi connectivity index (χ4n) is 2.57. The Morgan fingerprint density at radius 3 is 2.53 bits per heavy atom. The Hall–Kier alpha value is -1.26. The van der Waals surface area contributed by atoms with Crippen LogP contribution in [0, 0.1) is 16.2 Å². The van der Waals surface area contributed by atoms with E-state index in [1.54, 1.807) is 34.6 Å². The highest BCUT2D eigenvalue weighted by atomic mass is 32.2. The summed E-state index contributed by atoms with van der Waals surface area (Å²) < 4.78 is 33.3. The van der Waals surface area contributed by atoms with E-state index in [0.717, 1.165) is 0 Å². The van der Waals surface area contributed by atoms with Crippen molar-refractivity contribution in [2.45, 2.75) is 65.2 Å². The predicted molar refractivity (Wildman–Crippen MR) is 122 cm³/mol. The van der Waals surface area contributed by atoms with Gasteiger partial charge in [-0.3, -0.25) is 23.4 Å². The van der Waals surface area contributed by atoms with Crippen molar-refractivity contribution >= 4 is 43.5 Å². The summed E-state index contributed by atoms with van der Waals surface area (Å²) in [7, 11) is -4.12. The van der Waals surface area contributed by atoms with Crippen LogP contribution in [-0.4, -0.2) is 61.4 Å². The third-order valence-electron chi connectivity index (χ3n) is 4.69. The van der Waals surface area contributed by atoms with Crippen LogP contribution in [0.5, 0.6) is 0 Å². The van der Waals surface area contributed by atoms with Gasteiger partial charge in [-0.2, -0.15) is 11.8 Å². The van der Waals surface area contributed by atoms with Gasteiger partial charge in [-0.05, 0) is 33.4 Å². The molecule has 1 aliphatic heterocycles. The number of nitrogens with one attached hydrogen (secondary N) is 2. The van der Waals surface area contributed by atoms with Gasteiger partial charge >= 0.3 is 13.8 Å². The maximum Gasteiger partial charge on any atom is 0.478 e. The number of carbonyl (C=O) groups excluding carboxylic acids is 3. The second-order valence-electron chi connectivity index (χ2n) is 9.18. The molecule has 1 aliphatic rings. The molecule has 2 N–H and O–H groups in total. The minimum absolute atomic E-state index is 0.00166. The number of thioether (sulfide) groups is 1. The maximum atomic E-state index is 12.7. The highest BCUT2D eigenvalue weighted by Crippen LogP contribution is 2.57. The van der Waals surface area contributed by atoms with Gasteiger partial charge in [0.25, 0.3) is 0 Å². The number of phosphoric acid groups is 1. The third-order valence-corrected chi connectivity index (χ3v) is 7.00. The highest BCUT2D eigenvalue weighted by Gasteiger charge is 2.49. The minimum atomic E-state index is -4.12. The van der Waals surface area contributed by atoms with Crippen LogP contribution in [0.1, 0.15) is 53.9 Å². The molecule has 0 aromatic carbocycles. The van der Waals surface area contributed by atoms with Crippen LogP contribution in [0.15, 0.2) is 0 Å². The molecule has 1 fully saturated rings. The van der Waals surface area contributed by atoms with Gasteiger partial charge in [-0.25, -0.2) is 9.09 Å². The number of Topliss-reactive ketones (excluding diaryl/α,β-unsaturated/α-hetero) is 1. The Balaban J connectivity index is 2.56. The van der Waals surface area contributed by atoms with E-state index in [-0.39, 0.29) is 30.6 Å². The highest BCUT2D eigenvalue weighted by molar-refractivity contribution is 7.99. The van der Waals surface area contributed by atoms with Crippen molar-refractivity contribution in [1.82, 2.24) is 5.32 Å². The van der Waals surface area contributed by atoms with Crippen LogP contribution in [0.3, 0.4) is 0 Å². The van der Waals surface area contributed by atoms with E-state index in [2.05, 4.69) is 5.32 Å². The van der Waals surface area contributed by atoms with E-state index in [1.807, 2.05) is 6.26 Å². The summed E-state index contributed by atoms with van der Waals surface area (Å²) >= 11 is 1.51. The molecule has 0 spiro atoms. The van der Waals surface area contributed by atoms with Gasteiger partial charge < -0.3 is 15.5 Å². The minimum Gasteiger partial charge on any atom is -0.437 e. The molecule has 0 aromatic heterocycles. The number of rotatable bonds is 12. The van der Waals surface area contributed by atoms with E-state index >= 15 is 0 Å². The lowest BCUT2D eigenvalue weighted by molar-refractivity contribution is -0.163. The molecule has 0 aliphatic carbocycles. The van der Waals surface area contributed by atoms with Crippen molar-refractivity contribution in [3.8, 4) is 0 Å². The zero-order valence-electron chi connectivity index (χ0n) is 19.6. The van der Waals surface area contributed by atoms with Gasteiger partial charge in [0.1, 0.15) is 5.78 Å². The summed E-state index contributed by atoms with van der Waals surface area (Å²) in [5.74, 6) is -1.11. The first-order valence-corrected chi connectivity index (χ1v) is 13.1. The van der Waals surface area contributed by atoms with Crippen LogP contribution in [0.4, 0.5) is 0 Å². The molecular formula is C20H35N2O8PS. The molecule has 184 valence electrons. The van der Waals surface area contributed by atoms with Gasteiger partial charge in [0.05, 0.1) is 12.0 Å². The fourth-order valence-corrected chi connectivity index (χ4v) is 4.57. The summed E-state index contributed by atoms with van der Waals surface area (Å²) in [6.45, 7) is 7.81. The summed E-state index contributed by atoms with van der Waals surface area (Å²) in [6, 6.07) is 0. The number of phosphoric ester groups is 1. The molecule has 0 saturated carbocycles. The van der Waals surface area contributed by atoms with Gasteiger partial charge in [-0.1, -0.05) is 13.8 Å². The molecule has 1 unspecified atom stereocenters. The Morgan fingerprint density at radius 2 is 1.97 bits per heavy atom. The van der Waals surface area contributed by atoms with Gasteiger partial charge in [0.15, 0.2) is 6.10 Å². The number of hydrogen-bond acceptors (Lipinski definition) is 10. The van der Waals surface area contributed by atoms with Crippen LogP contribution in [0.25, 0.3) is 0 Å². The first-order valence-electron chi connectivity index (χ1n) is 10.3. The van der Waals surface area contributed by atoms with E-state index < -0.39 is 43.4 Å². The topological polar surface area (TPSA) is 141 Å². The smallest absolute Gasteiger partial charge is 0.437 e. The first kappa shape index (κ1) is 28.8. The Morgan fingerprint density at radius 1 is 1.31 bits per heavy atom. The molecular weight excluding hydrogens is 459 g/mol. The molecule has 1 heterocycles.